The van der Waals surface area contributed by atoms with E-state index >= 15 is 0 Å². The summed E-state index contributed by atoms with van der Waals surface area (Å²) in [6, 6.07) is 9.36. The summed E-state index contributed by atoms with van der Waals surface area (Å²) in [6.45, 7) is -0.0887. The summed E-state index contributed by atoms with van der Waals surface area (Å²) in [5.41, 5.74) is 1.78. The molecule has 0 radical (unpaired) electrons. The number of hydrogen-bond acceptors (Lipinski definition) is 6. The minimum atomic E-state index is -3.83. The zero-order valence-electron chi connectivity index (χ0n) is 17.6. The normalized spacial score (nSPS) is 11.5. The third-order valence-corrected chi connectivity index (χ3v) is 6.32. The number of anilines is 1. The van der Waals surface area contributed by atoms with E-state index in [1.807, 2.05) is 0 Å². The van der Waals surface area contributed by atoms with E-state index in [4.69, 9.17) is 9.47 Å². The van der Waals surface area contributed by atoms with Crippen molar-refractivity contribution in [3.63, 3.8) is 0 Å². The van der Waals surface area contributed by atoms with Crippen LogP contribution in [-0.2, 0) is 28.9 Å². The summed E-state index contributed by atoms with van der Waals surface area (Å²) in [5.74, 6) is 0.331. The highest BCUT2D eigenvalue weighted by Crippen LogP contribution is 2.29. The van der Waals surface area contributed by atoms with E-state index in [9.17, 15) is 18.0 Å². The summed E-state index contributed by atoms with van der Waals surface area (Å²) in [6.07, 6.45) is -0.0712. The standard InChI is InChI=1S/C20H24N4O6S/c1-23-15-7-5-13(11-16(15)24(2)20(23)26)22-19(25)9-10-21-31(27,28)14-6-8-17(29-3)18(12-14)30-4/h5-8,11-12,21H,9-10H2,1-4H3,(H,22,25). The van der Waals surface area contributed by atoms with Crippen LogP contribution in [0, 0.1) is 0 Å². The van der Waals surface area contributed by atoms with Crippen LogP contribution in [0.15, 0.2) is 46.1 Å². The highest BCUT2D eigenvalue weighted by atomic mass is 32.2. The van der Waals surface area contributed by atoms with Crippen molar-refractivity contribution in [2.24, 2.45) is 14.1 Å². The van der Waals surface area contributed by atoms with Crippen molar-refractivity contribution in [1.82, 2.24) is 13.9 Å². The lowest BCUT2D eigenvalue weighted by Crippen LogP contribution is -2.27. The van der Waals surface area contributed by atoms with Gasteiger partial charge in [0.05, 0.1) is 30.1 Å². The maximum absolute atomic E-state index is 12.5. The smallest absolute Gasteiger partial charge is 0.328 e. The first-order chi connectivity index (χ1) is 14.7. The van der Waals surface area contributed by atoms with Crippen molar-refractivity contribution in [2.75, 3.05) is 26.1 Å². The molecule has 3 rings (SSSR count). The molecule has 1 heterocycles. The fourth-order valence-electron chi connectivity index (χ4n) is 3.17. The number of carbonyl (C=O) groups is 1. The van der Waals surface area contributed by atoms with Crippen LogP contribution in [0.1, 0.15) is 6.42 Å². The fourth-order valence-corrected chi connectivity index (χ4v) is 4.22. The topological polar surface area (TPSA) is 121 Å². The maximum atomic E-state index is 12.5. The van der Waals surface area contributed by atoms with Crippen LogP contribution in [0.5, 0.6) is 11.5 Å². The summed E-state index contributed by atoms with van der Waals surface area (Å²) in [5, 5.41) is 2.71. The molecule has 0 atom stereocenters. The van der Waals surface area contributed by atoms with E-state index in [0.717, 1.165) is 5.52 Å². The zero-order valence-corrected chi connectivity index (χ0v) is 18.4. The van der Waals surface area contributed by atoms with Gasteiger partial charge in [0.15, 0.2) is 11.5 Å². The second kappa shape index (κ2) is 8.82. The number of ether oxygens (including phenoxy) is 2. The molecule has 3 aromatic rings. The molecule has 31 heavy (non-hydrogen) atoms. The van der Waals surface area contributed by atoms with E-state index < -0.39 is 10.0 Å². The van der Waals surface area contributed by atoms with Gasteiger partial charge < -0.3 is 14.8 Å². The van der Waals surface area contributed by atoms with Crippen molar-refractivity contribution in [3.05, 3.63) is 46.9 Å². The average molecular weight is 449 g/mol. The SMILES string of the molecule is COc1ccc(S(=O)(=O)NCCC(=O)Nc2ccc3c(c2)n(C)c(=O)n3C)cc1OC. The third kappa shape index (κ3) is 4.57. The van der Waals surface area contributed by atoms with Gasteiger partial charge in [-0.05, 0) is 30.3 Å². The van der Waals surface area contributed by atoms with E-state index in [-0.39, 0.29) is 35.2 Å². The monoisotopic (exact) mass is 448 g/mol. The highest BCUT2D eigenvalue weighted by molar-refractivity contribution is 7.89. The van der Waals surface area contributed by atoms with Crippen LogP contribution in [0.4, 0.5) is 5.69 Å². The molecule has 0 bridgehead atoms. The molecule has 1 amide bonds. The Kier molecular flexibility index (Phi) is 6.37. The van der Waals surface area contributed by atoms with Crippen LogP contribution in [0.2, 0.25) is 0 Å². The molecule has 0 aliphatic carbocycles. The van der Waals surface area contributed by atoms with Gasteiger partial charge in [0.1, 0.15) is 0 Å². The molecular weight excluding hydrogens is 424 g/mol. The van der Waals surface area contributed by atoms with Gasteiger partial charge in [0, 0.05) is 38.8 Å². The molecule has 0 saturated heterocycles. The lowest BCUT2D eigenvalue weighted by atomic mass is 10.2. The number of amides is 1. The van der Waals surface area contributed by atoms with Crippen LogP contribution in [0.3, 0.4) is 0 Å². The Labute approximate surface area is 179 Å². The number of benzene rings is 2. The number of fused-ring (bicyclic) bond motifs is 1. The Morgan fingerprint density at radius 3 is 2.32 bits per heavy atom. The van der Waals surface area contributed by atoms with E-state index in [0.29, 0.717) is 17.0 Å². The molecule has 166 valence electrons. The predicted molar refractivity (Wildman–Crippen MR) is 116 cm³/mol. The van der Waals surface area contributed by atoms with Gasteiger partial charge in [0.2, 0.25) is 15.9 Å². The molecule has 0 aliphatic rings. The predicted octanol–water partition coefficient (Wildman–Crippen LogP) is 1.20. The van der Waals surface area contributed by atoms with Crippen LogP contribution < -0.4 is 25.2 Å². The van der Waals surface area contributed by atoms with Gasteiger partial charge in [0.25, 0.3) is 0 Å². The third-order valence-electron chi connectivity index (χ3n) is 4.87. The lowest BCUT2D eigenvalue weighted by Gasteiger charge is -2.11. The molecule has 0 fully saturated rings. The lowest BCUT2D eigenvalue weighted by molar-refractivity contribution is -0.116. The molecule has 2 N–H and O–H groups in total. The van der Waals surface area contributed by atoms with Crippen molar-refractivity contribution >= 4 is 32.7 Å². The first-order valence-electron chi connectivity index (χ1n) is 9.35. The molecule has 2 aromatic carbocycles. The summed E-state index contributed by atoms with van der Waals surface area (Å²) < 4.78 is 40.6. The van der Waals surface area contributed by atoms with Crippen LogP contribution in [-0.4, -0.2) is 44.2 Å². The minimum Gasteiger partial charge on any atom is -0.493 e. The first kappa shape index (κ1) is 22.4. The zero-order chi connectivity index (χ0) is 22.8. The Morgan fingerprint density at radius 1 is 0.968 bits per heavy atom. The first-order valence-corrected chi connectivity index (χ1v) is 10.8. The van der Waals surface area contributed by atoms with E-state index in [2.05, 4.69) is 10.0 Å². The molecule has 11 heteroatoms. The minimum absolute atomic E-state index is 0.000930. The molecule has 0 saturated carbocycles. The second-order valence-corrected chi connectivity index (χ2v) is 8.58. The van der Waals surface area contributed by atoms with Crippen molar-refractivity contribution in [3.8, 4) is 11.5 Å². The molecular formula is C20H24N4O6S. The van der Waals surface area contributed by atoms with Gasteiger partial charge in [-0.25, -0.2) is 17.9 Å². The number of sulfonamides is 1. The number of nitrogens with one attached hydrogen (secondary N) is 2. The second-order valence-electron chi connectivity index (χ2n) is 6.82. The molecule has 0 spiro atoms. The van der Waals surface area contributed by atoms with Gasteiger partial charge >= 0.3 is 5.69 Å². The number of methoxy groups -OCH3 is 2. The number of carbonyl (C=O) groups excluding carboxylic acids is 1. The van der Waals surface area contributed by atoms with Gasteiger partial charge in [-0.15, -0.1) is 0 Å². The molecule has 0 unspecified atom stereocenters. The van der Waals surface area contributed by atoms with Crippen molar-refractivity contribution in [2.45, 2.75) is 11.3 Å². The van der Waals surface area contributed by atoms with Gasteiger partial charge in [-0.2, -0.15) is 0 Å². The van der Waals surface area contributed by atoms with Crippen LogP contribution in [0.25, 0.3) is 11.0 Å². The van der Waals surface area contributed by atoms with E-state index in [1.165, 1.54) is 41.6 Å². The average Bonchev–Trinajstić information content (AvgIpc) is 2.96. The molecule has 10 nitrogen and oxygen atoms in total. The highest BCUT2D eigenvalue weighted by Gasteiger charge is 2.17. The number of nitrogens with zero attached hydrogens (tertiary/aromatic N) is 2. The molecule has 0 aliphatic heterocycles. The molecule has 1 aromatic heterocycles. The maximum Gasteiger partial charge on any atom is 0.328 e. The summed E-state index contributed by atoms with van der Waals surface area (Å²) >= 11 is 0. The Hall–Kier alpha value is -3.31. The Morgan fingerprint density at radius 2 is 1.65 bits per heavy atom. The van der Waals surface area contributed by atoms with Crippen LogP contribution >= 0.6 is 0 Å². The number of rotatable bonds is 8. The van der Waals surface area contributed by atoms with Crippen molar-refractivity contribution in [1.29, 1.82) is 0 Å². The quantitative estimate of drug-likeness (QED) is 0.534. The van der Waals surface area contributed by atoms with Crippen molar-refractivity contribution < 1.29 is 22.7 Å². The summed E-state index contributed by atoms with van der Waals surface area (Å²) in [7, 11) is 2.37. The number of aromatic nitrogens is 2. The summed E-state index contributed by atoms with van der Waals surface area (Å²) in [4.78, 5) is 24.3. The largest absolute Gasteiger partial charge is 0.493 e. The number of imidazole rings is 1. The Balaban J connectivity index is 1.63. The Bertz CT molecular complexity index is 1290. The van der Waals surface area contributed by atoms with E-state index in [1.54, 1.807) is 32.3 Å². The van der Waals surface area contributed by atoms with Gasteiger partial charge in [-0.1, -0.05) is 0 Å². The number of hydrogen-bond donors (Lipinski definition) is 2. The fraction of sp³-hybridized carbons (Fsp3) is 0.300. The number of aryl methyl sites for hydroxylation is 2. The van der Waals surface area contributed by atoms with Gasteiger partial charge in [-0.3, -0.25) is 13.9 Å².